The van der Waals surface area contributed by atoms with Gasteiger partial charge in [0, 0.05) is 38.8 Å². The van der Waals surface area contributed by atoms with Crippen molar-refractivity contribution in [3.8, 4) is 0 Å². The zero-order valence-corrected chi connectivity index (χ0v) is 17.0. The number of rotatable bonds is 3. The Kier molecular flexibility index (Phi) is 5.48. The van der Waals surface area contributed by atoms with E-state index in [4.69, 9.17) is 0 Å². The highest BCUT2D eigenvalue weighted by molar-refractivity contribution is 7.89. The molecule has 0 atom stereocenters. The van der Waals surface area contributed by atoms with E-state index in [0.717, 1.165) is 24.3 Å². The fourth-order valence-electron chi connectivity index (χ4n) is 3.37. The maximum absolute atomic E-state index is 13.0. The molecule has 2 aromatic rings. The summed E-state index contributed by atoms with van der Waals surface area (Å²) < 4.78 is 66.8. The zero-order chi connectivity index (χ0) is 21.6. The van der Waals surface area contributed by atoms with Crippen LogP contribution in [0.15, 0.2) is 29.2 Å². The Morgan fingerprint density at radius 3 is 2.03 bits per heavy atom. The van der Waals surface area contributed by atoms with Gasteiger partial charge in [-0.3, -0.25) is 9.48 Å². The molecule has 1 aromatic carbocycles. The Hall–Kier alpha value is -2.40. The zero-order valence-electron chi connectivity index (χ0n) is 16.2. The van der Waals surface area contributed by atoms with E-state index >= 15 is 0 Å². The van der Waals surface area contributed by atoms with E-state index in [2.05, 4.69) is 5.10 Å². The van der Waals surface area contributed by atoms with E-state index in [1.54, 1.807) is 20.9 Å². The number of piperazine rings is 1. The molecule has 1 fully saturated rings. The van der Waals surface area contributed by atoms with Gasteiger partial charge in [0.2, 0.25) is 10.0 Å². The minimum absolute atomic E-state index is 0.0997. The van der Waals surface area contributed by atoms with Crippen LogP contribution in [0.3, 0.4) is 0 Å². The van der Waals surface area contributed by atoms with Crippen molar-refractivity contribution in [1.29, 1.82) is 0 Å². The highest BCUT2D eigenvalue weighted by Gasteiger charge is 2.34. The van der Waals surface area contributed by atoms with Crippen LogP contribution in [-0.2, 0) is 23.2 Å². The van der Waals surface area contributed by atoms with E-state index in [-0.39, 0.29) is 36.6 Å². The summed E-state index contributed by atoms with van der Waals surface area (Å²) in [5.74, 6) is -0.426. The normalized spacial score (nSPS) is 16.3. The molecule has 0 aliphatic carbocycles. The molecule has 1 amide bonds. The Bertz CT molecular complexity index is 1020. The van der Waals surface area contributed by atoms with Gasteiger partial charge >= 0.3 is 6.18 Å². The molecule has 7 nitrogen and oxygen atoms in total. The van der Waals surface area contributed by atoms with Crippen LogP contribution in [0.1, 0.15) is 27.3 Å². The van der Waals surface area contributed by atoms with Crippen LogP contribution < -0.4 is 0 Å². The van der Waals surface area contributed by atoms with Crippen molar-refractivity contribution in [2.45, 2.75) is 24.9 Å². The van der Waals surface area contributed by atoms with Gasteiger partial charge in [-0.05, 0) is 38.1 Å². The van der Waals surface area contributed by atoms with Crippen LogP contribution in [0.5, 0.6) is 0 Å². The number of nitrogens with zero attached hydrogens (tertiary/aromatic N) is 4. The van der Waals surface area contributed by atoms with Gasteiger partial charge in [0.25, 0.3) is 5.91 Å². The predicted octanol–water partition coefficient (Wildman–Crippen LogP) is 2.20. The Morgan fingerprint density at radius 1 is 1.03 bits per heavy atom. The van der Waals surface area contributed by atoms with Gasteiger partial charge in [-0.25, -0.2) is 8.42 Å². The van der Waals surface area contributed by atoms with Crippen molar-refractivity contribution in [3.63, 3.8) is 0 Å². The summed E-state index contributed by atoms with van der Waals surface area (Å²) in [4.78, 5) is 14.2. The van der Waals surface area contributed by atoms with Gasteiger partial charge in [-0.2, -0.15) is 22.6 Å². The van der Waals surface area contributed by atoms with E-state index < -0.39 is 27.7 Å². The van der Waals surface area contributed by atoms with Crippen LogP contribution in [0.4, 0.5) is 13.2 Å². The first kappa shape index (κ1) is 21.3. The van der Waals surface area contributed by atoms with Crippen LogP contribution in [0.25, 0.3) is 0 Å². The average molecular weight is 430 g/mol. The number of benzene rings is 1. The summed E-state index contributed by atoms with van der Waals surface area (Å²) in [6.07, 6.45) is -4.47. The van der Waals surface area contributed by atoms with Crippen LogP contribution in [0, 0.1) is 13.8 Å². The number of alkyl halides is 3. The summed E-state index contributed by atoms with van der Waals surface area (Å²) in [5, 5.41) is 4.15. The van der Waals surface area contributed by atoms with E-state index in [1.165, 1.54) is 13.9 Å². The molecule has 0 bridgehead atoms. The van der Waals surface area contributed by atoms with Crippen LogP contribution >= 0.6 is 0 Å². The number of hydrogen-bond donors (Lipinski definition) is 0. The molecule has 1 saturated heterocycles. The molecule has 1 aromatic heterocycles. The Morgan fingerprint density at radius 2 is 1.59 bits per heavy atom. The first-order valence-electron chi connectivity index (χ1n) is 8.90. The molecular weight excluding hydrogens is 409 g/mol. The molecule has 0 radical (unpaired) electrons. The van der Waals surface area contributed by atoms with Crippen molar-refractivity contribution < 1.29 is 26.4 Å². The quantitative estimate of drug-likeness (QED) is 0.748. The maximum atomic E-state index is 13.0. The summed E-state index contributed by atoms with van der Waals surface area (Å²) >= 11 is 0. The summed E-state index contributed by atoms with van der Waals surface area (Å²) in [6.45, 7) is 3.81. The van der Waals surface area contributed by atoms with Gasteiger partial charge in [-0.15, -0.1) is 0 Å². The number of halogens is 3. The first-order valence-corrected chi connectivity index (χ1v) is 10.3. The van der Waals surface area contributed by atoms with Crippen molar-refractivity contribution in [1.82, 2.24) is 19.0 Å². The largest absolute Gasteiger partial charge is 0.416 e. The second-order valence-corrected chi connectivity index (χ2v) is 8.77. The van der Waals surface area contributed by atoms with Crippen molar-refractivity contribution in [2.24, 2.45) is 7.05 Å². The highest BCUT2D eigenvalue weighted by atomic mass is 32.2. The van der Waals surface area contributed by atoms with E-state index in [0.29, 0.717) is 11.4 Å². The predicted molar refractivity (Wildman–Crippen MR) is 98.8 cm³/mol. The molecule has 0 saturated carbocycles. The molecule has 2 heterocycles. The Labute approximate surface area is 166 Å². The van der Waals surface area contributed by atoms with E-state index in [9.17, 15) is 26.4 Å². The number of carbonyl (C=O) groups excluding carboxylic acids is 1. The SMILES string of the molecule is Cc1nn(C)c(C)c1S(=O)(=O)N1CCN(C(=O)c2ccc(C(F)(F)F)cc2)CC1. The molecule has 0 N–H and O–H groups in total. The van der Waals surface area contributed by atoms with Crippen LogP contribution in [-0.4, -0.2) is 59.5 Å². The summed E-state index contributed by atoms with van der Waals surface area (Å²) in [6, 6.07) is 4.00. The summed E-state index contributed by atoms with van der Waals surface area (Å²) in [5.41, 5.74) is 0.249. The third-order valence-electron chi connectivity index (χ3n) is 5.03. The van der Waals surface area contributed by atoms with Crippen molar-refractivity contribution in [3.05, 3.63) is 46.8 Å². The topological polar surface area (TPSA) is 75.5 Å². The number of hydrogen-bond acceptors (Lipinski definition) is 4. The molecule has 0 spiro atoms. The lowest BCUT2D eigenvalue weighted by Gasteiger charge is -2.34. The lowest BCUT2D eigenvalue weighted by molar-refractivity contribution is -0.137. The van der Waals surface area contributed by atoms with E-state index in [1.807, 2.05) is 0 Å². The van der Waals surface area contributed by atoms with Gasteiger partial charge in [-0.1, -0.05) is 0 Å². The Balaban J connectivity index is 1.71. The smallest absolute Gasteiger partial charge is 0.336 e. The third-order valence-corrected chi connectivity index (χ3v) is 7.18. The average Bonchev–Trinajstić information content (AvgIpc) is 2.93. The molecule has 3 rings (SSSR count). The number of amides is 1. The highest BCUT2D eigenvalue weighted by Crippen LogP contribution is 2.29. The molecule has 1 aliphatic rings. The number of sulfonamides is 1. The fourth-order valence-corrected chi connectivity index (χ4v) is 5.19. The molecule has 29 heavy (non-hydrogen) atoms. The van der Waals surface area contributed by atoms with Crippen molar-refractivity contribution >= 4 is 15.9 Å². The standard InChI is InChI=1S/C18H21F3N4O3S/c1-12-16(13(2)23(3)22-12)29(27,28)25-10-8-24(9-11-25)17(26)14-4-6-15(7-5-14)18(19,20)21/h4-7H,8-11H2,1-3H3. The minimum Gasteiger partial charge on any atom is -0.336 e. The lowest BCUT2D eigenvalue weighted by Crippen LogP contribution is -2.50. The second kappa shape index (κ2) is 7.45. The van der Waals surface area contributed by atoms with Gasteiger partial charge in [0.1, 0.15) is 4.90 Å². The first-order chi connectivity index (χ1) is 13.4. The fraction of sp³-hybridized carbons (Fsp3) is 0.444. The maximum Gasteiger partial charge on any atom is 0.416 e. The number of aryl methyl sites for hydroxylation is 2. The molecule has 11 heteroatoms. The third kappa shape index (κ3) is 4.01. The van der Waals surface area contributed by atoms with Crippen molar-refractivity contribution in [2.75, 3.05) is 26.2 Å². The van der Waals surface area contributed by atoms with Gasteiger partial charge in [0.15, 0.2) is 0 Å². The second-order valence-electron chi connectivity index (χ2n) is 6.89. The monoisotopic (exact) mass is 430 g/mol. The number of aromatic nitrogens is 2. The summed E-state index contributed by atoms with van der Waals surface area (Å²) in [7, 11) is -2.08. The molecule has 158 valence electrons. The molecular formula is C18H21F3N4O3S. The molecule has 0 unspecified atom stereocenters. The lowest BCUT2D eigenvalue weighted by atomic mass is 10.1. The van der Waals surface area contributed by atoms with Gasteiger partial charge in [0.05, 0.1) is 17.0 Å². The minimum atomic E-state index is -4.47. The molecule has 1 aliphatic heterocycles. The number of carbonyl (C=O) groups is 1. The van der Waals surface area contributed by atoms with Crippen LogP contribution in [0.2, 0.25) is 0 Å². The van der Waals surface area contributed by atoms with Gasteiger partial charge < -0.3 is 4.90 Å².